The number of nitrogens with zero attached hydrogens (tertiary/aromatic N) is 3. The highest BCUT2D eigenvalue weighted by molar-refractivity contribution is 9.10. The smallest absolute Gasteiger partial charge is 0.180 e. The highest BCUT2D eigenvalue weighted by Gasteiger charge is 2.10. The summed E-state index contributed by atoms with van der Waals surface area (Å²) >= 11 is 3.40. The molecule has 2 aromatic heterocycles. The lowest BCUT2D eigenvalue weighted by Crippen LogP contribution is -2.17. The molecule has 0 radical (unpaired) electrons. The average molecular weight is 327 g/mol. The van der Waals surface area contributed by atoms with Crippen LogP contribution in [0.3, 0.4) is 0 Å². The molecule has 0 spiro atoms. The first-order valence-electron chi connectivity index (χ1n) is 6.58. The van der Waals surface area contributed by atoms with E-state index in [2.05, 4.69) is 38.1 Å². The standard InChI is InChI=1S/C13H19BrN4O/c1-2-3-10(4-7-19)8-16-12-13-15-5-6-18(13)9-11(14)17-12/h5-6,9-10,19H,2-4,7-8H2,1H3,(H,16,17). The van der Waals surface area contributed by atoms with Gasteiger partial charge in [-0.05, 0) is 34.7 Å². The van der Waals surface area contributed by atoms with Gasteiger partial charge in [-0.1, -0.05) is 13.3 Å². The molecule has 2 rings (SSSR count). The highest BCUT2D eigenvalue weighted by Crippen LogP contribution is 2.18. The van der Waals surface area contributed by atoms with Gasteiger partial charge in [0.15, 0.2) is 11.5 Å². The van der Waals surface area contributed by atoms with Gasteiger partial charge in [-0.25, -0.2) is 9.97 Å². The lowest BCUT2D eigenvalue weighted by molar-refractivity contribution is 0.255. The maximum absolute atomic E-state index is 9.08. The fraction of sp³-hybridized carbons (Fsp3) is 0.538. The van der Waals surface area contributed by atoms with Crippen molar-refractivity contribution in [2.45, 2.75) is 26.2 Å². The van der Waals surface area contributed by atoms with Crippen molar-refractivity contribution in [1.29, 1.82) is 0 Å². The van der Waals surface area contributed by atoms with Crippen molar-refractivity contribution in [3.63, 3.8) is 0 Å². The Bertz CT molecular complexity index is 522. The van der Waals surface area contributed by atoms with Gasteiger partial charge in [0.2, 0.25) is 0 Å². The third-order valence-corrected chi connectivity index (χ3v) is 3.52. The number of anilines is 1. The molecular weight excluding hydrogens is 308 g/mol. The van der Waals surface area contributed by atoms with Gasteiger partial charge >= 0.3 is 0 Å². The van der Waals surface area contributed by atoms with E-state index in [9.17, 15) is 0 Å². The molecule has 0 aliphatic heterocycles. The quantitative estimate of drug-likeness (QED) is 0.821. The zero-order chi connectivity index (χ0) is 13.7. The van der Waals surface area contributed by atoms with E-state index < -0.39 is 0 Å². The largest absolute Gasteiger partial charge is 0.396 e. The minimum atomic E-state index is 0.233. The second kappa shape index (κ2) is 6.86. The molecule has 1 atom stereocenters. The fourth-order valence-corrected chi connectivity index (χ4v) is 2.60. The van der Waals surface area contributed by atoms with Crippen LogP contribution >= 0.6 is 15.9 Å². The van der Waals surface area contributed by atoms with Crippen molar-refractivity contribution in [1.82, 2.24) is 14.4 Å². The van der Waals surface area contributed by atoms with E-state index in [1.54, 1.807) is 6.20 Å². The molecule has 0 aliphatic carbocycles. The number of aromatic nitrogens is 3. The molecule has 19 heavy (non-hydrogen) atoms. The summed E-state index contributed by atoms with van der Waals surface area (Å²) < 4.78 is 2.70. The van der Waals surface area contributed by atoms with Crippen LogP contribution in [-0.4, -0.2) is 32.6 Å². The van der Waals surface area contributed by atoms with Gasteiger partial charge in [0.05, 0.1) is 0 Å². The van der Waals surface area contributed by atoms with Crippen LogP contribution in [0, 0.1) is 5.92 Å². The SMILES string of the molecule is CCCC(CCO)CNc1nc(Br)cn2ccnc12. The zero-order valence-corrected chi connectivity index (χ0v) is 12.6. The van der Waals surface area contributed by atoms with E-state index in [0.29, 0.717) is 5.92 Å². The van der Waals surface area contributed by atoms with Crippen molar-refractivity contribution in [3.05, 3.63) is 23.2 Å². The molecule has 2 aromatic rings. The van der Waals surface area contributed by atoms with E-state index in [1.807, 2.05) is 16.8 Å². The van der Waals surface area contributed by atoms with Crippen LogP contribution in [0.2, 0.25) is 0 Å². The maximum Gasteiger partial charge on any atom is 0.180 e. The Hall–Kier alpha value is -1.14. The van der Waals surface area contributed by atoms with Crippen LogP contribution in [0.5, 0.6) is 0 Å². The number of nitrogens with one attached hydrogen (secondary N) is 1. The second-order valence-electron chi connectivity index (χ2n) is 4.62. The lowest BCUT2D eigenvalue weighted by atomic mass is 10.0. The van der Waals surface area contributed by atoms with Crippen molar-refractivity contribution in [2.75, 3.05) is 18.5 Å². The molecule has 104 valence electrons. The third-order valence-electron chi connectivity index (χ3n) is 3.14. The fourth-order valence-electron chi connectivity index (χ4n) is 2.20. The van der Waals surface area contributed by atoms with Crippen molar-refractivity contribution >= 4 is 27.4 Å². The summed E-state index contributed by atoms with van der Waals surface area (Å²) in [6.07, 6.45) is 8.57. The lowest BCUT2D eigenvalue weighted by Gasteiger charge is -2.16. The van der Waals surface area contributed by atoms with E-state index in [-0.39, 0.29) is 6.61 Å². The molecule has 1 unspecified atom stereocenters. The minimum absolute atomic E-state index is 0.233. The normalized spacial score (nSPS) is 12.8. The predicted molar refractivity (Wildman–Crippen MR) is 79.3 cm³/mol. The van der Waals surface area contributed by atoms with Crippen molar-refractivity contribution in [3.8, 4) is 0 Å². The number of hydrogen-bond acceptors (Lipinski definition) is 4. The molecule has 6 heteroatoms. The molecular formula is C13H19BrN4O. The summed E-state index contributed by atoms with van der Waals surface area (Å²) in [6.45, 7) is 3.20. The number of fused-ring (bicyclic) bond motifs is 1. The first kappa shape index (κ1) is 14.3. The Labute approximate surface area is 121 Å². The molecule has 2 N–H and O–H groups in total. The van der Waals surface area contributed by atoms with E-state index in [0.717, 1.165) is 41.9 Å². The Morgan fingerprint density at radius 3 is 3.05 bits per heavy atom. The maximum atomic E-state index is 9.08. The highest BCUT2D eigenvalue weighted by atomic mass is 79.9. The average Bonchev–Trinajstić information content (AvgIpc) is 2.84. The van der Waals surface area contributed by atoms with Crippen molar-refractivity contribution < 1.29 is 5.11 Å². The summed E-state index contributed by atoms with van der Waals surface area (Å²) in [6, 6.07) is 0. The van der Waals surface area contributed by atoms with Crippen LogP contribution < -0.4 is 5.32 Å². The topological polar surface area (TPSA) is 62.5 Å². The van der Waals surface area contributed by atoms with Crippen LogP contribution in [0.4, 0.5) is 5.82 Å². The van der Waals surface area contributed by atoms with Crippen molar-refractivity contribution in [2.24, 2.45) is 5.92 Å². The first-order chi connectivity index (χ1) is 9.24. The summed E-state index contributed by atoms with van der Waals surface area (Å²) in [4.78, 5) is 8.72. The molecule has 0 aromatic carbocycles. The van der Waals surface area contributed by atoms with Crippen LogP contribution in [0.1, 0.15) is 26.2 Å². The molecule has 0 saturated carbocycles. The molecule has 0 aliphatic rings. The summed E-state index contributed by atoms with van der Waals surface area (Å²) in [5, 5.41) is 12.4. The van der Waals surface area contributed by atoms with Gasteiger partial charge in [0.1, 0.15) is 4.60 Å². The second-order valence-corrected chi connectivity index (χ2v) is 5.43. The van der Waals surface area contributed by atoms with Gasteiger partial charge in [-0.2, -0.15) is 0 Å². The van der Waals surface area contributed by atoms with Gasteiger partial charge in [0, 0.05) is 31.7 Å². The Kier molecular flexibility index (Phi) is 5.15. The molecule has 0 fully saturated rings. The van der Waals surface area contributed by atoms with E-state index in [1.165, 1.54) is 0 Å². The number of aliphatic hydroxyl groups excluding tert-OH is 1. The van der Waals surface area contributed by atoms with Crippen LogP contribution in [-0.2, 0) is 0 Å². The van der Waals surface area contributed by atoms with Gasteiger partial charge in [-0.15, -0.1) is 0 Å². The minimum Gasteiger partial charge on any atom is -0.396 e. The zero-order valence-electron chi connectivity index (χ0n) is 11.0. The summed E-state index contributed by atoms with van der Waals surface area (Å²) in [5.74, 6) is 1.24. The van der Waals surface area contributed by atoms with Gasteiger partial charge in [-0.3, -0.25) is 0 Å². The molecule has 5 nitrogen and oxygen atoms in total. The summed E-state index contributed by atoms with van der Waals surface area (Å²) in [7, 11) is 0. The first-order valence-corrected chi connectivity index (χ1v) is 7.37. The van der Waals surface area contributed by atoms with E-state index >= 15 is 0 Å². The molecule has 2 heterocycles. The molecule has 0 saturated heterocycles. The predicted octanol–water partition coefficient (Wildman–Crippen LogP) is 2.70. The number of halogens is 1. The van der Waals surface area contributed by atoms with E-state index in [4.69, 9.17) is 5.11 Å². The monoisotopic (exact) mass is 326 g/mol. The third kappa shape index (κ3) is 3.67. The summed E-state index contributed by atoms with van der Waals surface area (Å²) in [5.41, 5.74) is 0.822. The molecule has 0 bridgehead atoms. The van der Waals surface area contributed by atoms with Gasteiger partial charge < -0.3 is 14.8 Å². The number of rotatable bonds is 7. The van der Waals surface area contributed by atoms with Gasteiger partial charge in [0.25, 0.3) is 0 Å². The Morgan fingerprint density at radius 1 is 1.47 bits per heavy atom. The number of aliphatic hydroxyl groups is 1. The molecule has 0 amide bonds. The Balaban J connectivity index is 2.09. The van der Waals surface area contributed by atoms with Crippen LogP contribution in [0.25, 0.3) is 5.65 Å². The number of imidazole rings is 1. The number of hydrogen-bond donors (Lipinski definition) is 2. The Morgan fingerprint density at radius 2 is 2.32 bits per heavy atom. The van der Waals surface area contributed by atoms with Crippen LogP contribution in [0.15, 0.2) is 23.2 Å².